The summed E-state index contributed by atoms with van der Waals surface area (Å²) in [6.07, 6.45) is 0. The first-order valence-corrected chi connectivity index (χ1v) is 10.9. The van der Waals surface area contributed by atoms with Gasteiger partial charge in [0.15, 0.2) is 8.07 Å². The summed E-state index contributed by atoms with van der Waals surface area (Å²) in [5.41, 5.74) is 0.482. The molecule has 128 valence electrons. The van der Waals surface area contributed by atoms with Gasteiger partial charge in [0, 0.05) is 0 Å². The van der Waals surface area contributed by atoms with E-state index >= 15 is 0 Å². The highest BCUT2D eigenvalue weighted by atomic mass is 28.3. The molecule has 0 aliphatic heterocycles. The van der Waals surface area contributed by atoms with Gasteiger partial charge < -0.3 is 5.11 Å². The minimum atomic E-state index is -2.54. The van der Waals surface area contributed by atoms with Crippen LogP contribution < -0.4 is 10.4 Å². The fourth-order valence-electron chi connectivity index (χ4n) is 4.05. The topological polar surface area (TPSA) is 20.2 Å². The molecule has 1 atom stereocenters. The summed E-state index contributed by atoms with van der Waals surface area (Å²) in [4.78, 5) is 0. The molecule has 0 saturated heterocycles. The largest absolute Gasteiger partial charge is 0.391 e. The summed E-state index contributed by atoms with van der Waals surface area (Å²) in [5, 5.41) is 14.2. The van der Waals surface area contributed by atoms with Gasteiger partial charge in [0.1, 0.15) is 0 Å². The second-order valence-electron chi connectivity index (χ2n) is 7.60. The molecule has 0 aliphatic carbocycles. The molecule has 0 aliphatic rings. The van der Waals surface area contributed by atoms with Gasteiger partial charge in [-0.05, 0) is 10.6 Å². The van der Waals surface area contributed by atoms with Gasteiger partial charge in [0.2, 0.25) is 0 Å². The van der Waals surface area contributed by atoms with Crippen LogP contribution in [0.5, 0.6) is 0 Å². The molecule has 0 bridgehead atoms. The molecular formula is C23H26OSi. The Bertz CT molecular complexity index is 752. The lowest BCUT2D eigenvalue weighted by Crippen LogP contribution is -2.68. The average Bonchev–Trinajstić information content (AvgIpc) is 2.63. The predicted octanol–water partition coefficient (Wildman–Crippen LogP) is 4.32. The van der Waals surface area contributed by atoms with E-state index < -0.39 is 13.8 Å². The van der Waals surface area contributed by atoms with E-state index in [2.05, 4.69) is 69.3 Å². The standard InChI is InChI=1S/C23H26OSi/c1-23(2,3)25(20-15-9-5-10-16-20,21-17-11-6-12-18-21)22(24)19-13-7-4-8-14-19/h4-18,22,24H,1-3H3. The summed E-state index contributed by atoms with van der Waals surface area (Å²) >= 11 is 0. The molecular weight excluding hydrogens is 320 g/mol. The van der Waals surface area contributed by atoms with Crippen LogP contribution in [0.15, 0.2) is 91.0 Å². The number of hydrogen-bond acceptors (Lipinski definition) is 1. The van der Waals surface area contributed by atoms with E-state index in [0.717, 1.165) is 5.56 Å². The zero-order chi connectivity index (χ0) is 17.9. The SMILES string of the molecule is CC(C)(C)[Si](c1ccccc1)(c1ccccc1)C(O)c1ccccc1. The number of hydrogen-bond donors (Lipinski definition) is 1. The maximum Gasteiger partial charge on any atom is 0.159 e. The van der Waals surface area contributed by atoms with Crippen LogP contribution in [-0.4, -0.2) is 13.2 Å². The van der Waals surface area contributed by atoms with Crippen LogP contribution in [0.3, 0.4) is 0 Å². The Hall–Kier alpha value is -2.16. The normalized spacial score (nSPS) is 13.4. The molecule has 0 spiro atoms. The Kier molecular flexibility index (Phi) is 4.93. The quantitative estimate of drug-likeness (QED) is 0.698. The van der Waals surface area contributed by atoms with Gasteiger partial charge in [-0.2, -0.15) is 0 Å². The molecule has 0 amide bonds. The Morgan fingerprint density at radius 1 is 0.640 bits per heavy atom. The fraction of sp³-hybridized carbons (Fsp3) is 0.217. The minimum absolute atomic E-state index is 0.0645. The Labute approximate surface area is 152 Å². The molecule has 1 nitrogen and oxygen atoms in total. The van der Waals surface area contributed by atoms with E-state index in [9.17, 15) is 5.11 Å². The van der Waals surface area contributed by atoms with Gasteiger partial charge in [-0.25, -0.2) is 0 Å². The van der Waals surface area contributed by atoms with Crippen molar-refractivity contribution in [1.29, 1.82) is 0 Å². The summed E-state index contributed by atoms with van der Waals surface area (Å²) in [7, 11) is -2.54. The first kappa shape index (κ1) is 17.7. The van der Waals surface area contributed by atoms with Gasteiger partial charge in [0.25, 0.3) is 0 Å². The molecule has 0 fully saturated rings. The third-order valence-electron chi connectivity index (χ3n) is 5.17. The van der Waals surface area contributed by atoms with Gasteiger partial charge >= 0.3 is 0 Å². The highest BCUT2D eigenvalue weighted by Gasteiger charge is 2.53. The monoisotopic (exact) mass is 346 g/mol. The van der Waals surface area contributed by atoms with E-state index in [1.165, 1.54) is 10.4 Å². The Balaban J connectivity index is 2.34. The van der Waals surface area contributed by atoms with Crippen LogP contribution in [-0.2, 0) is 0 Å². The van der Waals surface area contributed by atoms with Crippen LogP contribution in [0.4, 0.5) is 0 Å². The molecule has 1 unspecified atom stereocenters. The van der Waals surface area contributed by atoms with Crippen LogP contribution in [0.25, 0.3) is 0 Å². The first-order chi connectivity index (χ1) is 12.0. The lowest BCUT2D eigenvalue weighted by molar-refractivity contribution is 0.246. The molecule has 3 aromatic rings. The van der Waals surface area contributed by atoms with E-state index in [4.69, 9.17) is 0 Å². The zero-order valence-corrected chi connectivity index (χ0v) is 16.2. The van der Waals surface area contributed by atoms with Crippen LogP contribution >= 0.6 is 0 Å². The zero-order valence-electron chi connectivity index (χ0n) is 15.2. The second-order valence-corrected chi connectivity index (χ2v) is 12.4. The molecule has 3 rings (SSSR count). The van der Waals surface area contributed by atoms with Crippen molar-refractivity contribution in [3.63, 3.8) is 0 Å². The molecule has 0 heterocycles. The Morgan fingerprint density at radius 2 is 1.00 bits per heavy atom. The summed E-state index contributed by atoms with van der Waals surface area (Å²) in [6.45, 7) is 6.81. The van der Waals surface area contributed by atoms with Crippen LogP contribution in [0.2, 0.25) is 5.04 Å². The third-order valence-corrected chi connectivity index (χ3v) is 11.2. The fourth-order valence-corrected chi connectivity index (χ4v) is 9.69. The van der Waals surface area contributed by atoms with Crippen molar-refractivity contribution in [2.75, 3.05) is 0 Å². The van der Waals surface area contributed by atoms with Crippen LogP contribution in [0.1, 0.15) is 32.1 Å². The van der Waals surface area contributed by atoms with Gasteiger partial charge in [-0.3, -0.25) is 0 Å². The molecule has 1 N–H and O–H groups in total. The summed E-state index contributed by atoms with van der Waals surface area (Å²) < 4.78 is 0. The van der Waals surface area contributed by atoms with Gasteiger partial charge in [0.05, 0.1) is 5.73 Å². The summed E-state index contributed by atoms with van der Waals surface area (Å²) in [5.74, 6) is 0. The summed E-state index contributed by atoms with van der Waals surface area (Å²) in [6, 6.07) is 31.3. The van der Waals surface area contributed by atoms with Gasteiger partial charge in [-0.15, -0.1) is 0 Å². The average molecular weight is 347 g/mol. The molecule has 0 radical (unpaired) electrons. The highest BCUT2D eigenvalue weighted by Crippen LogP contribution is 2.43. The van der Waals surface area contributed by atoms with Crippen molar-refractivity contribution in [2.24, 2.45) is 0 Å². The van der Waals surface area contributed by atoms with Crippen molar-refractivity contribution < 1.29 is 5.11 Å². The smallest absolute Gasteiger partial charge is 0.159 e. The minimum Gasteiger partial charge on any atom is -0.391 e. The molecule has 0 aromatic heterocycles. The van der Waals surface area contributed by atoms with Crippen molar-refractivity contribution in [3.8, 4) is 0 Å². The maximum atomic E-state index is 11.7. The van der Waals surface area contributed by atoms with E-state index in [1.807, 2.05) is 42.5 Å². The molecule has 2 heteroatoms. The number of benzene rings is 3. The van der Waals surface area contributed by atoms with Crippen LogP contribution in [0, 0.1) is 0 Å². The van der Waals surface area contributed by atoms with Crippen molar-refractivity contribution in [1.82, 2.24) is 0 Å². The van der Waals surface area contributed by atoms with Crippen molar-refractivity contribution in [3.05, 3.63) is 96.6 Å². The lowest BCUT2D eigenvalue weighted by Gasteiger charge is -2.47. The van der Waals surface area contributed by atoms with E-state index in [0.29, 0.717) is 0 Å². The lowest BCUT2D eigenvalue weighted by atomic mass is 10.2. The Morgan fingerprint density at radius 3 is 1.36 bits per heavy atom. The second kappa shape index (κ2) is 6.99. The number of aliphatic hydroxyl groups excluding tert-OH is 1. The predicted molar refractivity (Wildman–Crippen MR) is 109 cm³/mol. The third kappa shape index (κ3) is 3.08. The van der Waals surface area contributed by atoms with Crippen molar-refractivity contribution in [2.45, 2.75) is 31.5 Å². The maximum absolute atomic E-state index is 11.7. The molecule has 0 saturated carbocycles. The van der Waals surface area contributed by atoms with E-state index in [1.54, 1.807) is 0 Å². The molecule has 3 aromatic carbocycles. The number of aliphatic hydroxyl groups is 1. The van der Waals surface area contributed by atoms with E-state index in [-0.39, 0.29) is 5.04 Å². The highest BCUT2D eigenvalue weighted by molar-refractivity contribution is 7.04. The number of rotatable bonds is 4. The van der Waals surface area contributed by atoms with Crippen molar-refractivity contribution >= 4 is 18.4 Å². The molecule has 25 heavy (non-hydrogen) atoms. The van der Waals surface area contributed by atoms with Gasteiger partial charge in [-0.1, -0.05) is 122 Å². The first-order valence-electron chi connectivity index (χ1n) is 8.82.